The highest BCUT2D eigenvalue weighted by atomic mass is 16.6. The molecule has 0 spiro atoms. The van der Waals surface area contributed by atoms with Gasteiger partial charge in [0.25, 0.3) is 0 Å². The fraction of sp³-hybridized carbons (Fsp3) is 0.722. The maximum atomic E-state index is 12.1. The molecule has 0 radical (unpaired) electrons. The molecule has 1 saturated heterocycles. The number of carbonyl (C=O) groups is 1. The van der Waals surface area contributed by atoms with Gasteiger partial charge in [0.1, 0.15) is 5.60 Å². The number of hydrogen-bond donors (Lipinski definition) is 1. The fourth-order valence-corrected chi connectivity index (χ4v) is 3.21. The van der Waals surface area contributed by atoms with Gasteiger partial charge in [0.15, 0.2) is 0 Å². The van der Waals surface area contributed by atoms with Crippen LogP contribution >= 0.6 is 0 Å². The van der Waals surface area contributed by atoms with Crippen LogP contribution in [0.15, 0.2) is 6.07 Å². The molecular formula is C18H31N3O2. The van der Waals surface area contributed by atoms with Crippen LogP contribution in [0, 0.1) is 13.8 Å². The first-order valence-corrected chi connectivity index (χ1v) is 8.58. The molecule has 0 saturated carbocycles. The van der Waals surface area contributed by atoms with E-state index in [0.717, 1.165) is 32.6 Å². The third-order valence-corrected chi connectivity index (χ3v) is 4.42. The molecule has 0 bridgehead atoms. The second kappa shape index (κ2) is 6.95. The number of nitrogens with zero attached hydrogens (tertiary/aromatic N) is 2. The van der Waals surface area contributed by atoms with Crippen LogP contribution in [0.5, 0.6) is 0 Å². The van der Waals surface area contributed by atoms with Crippen LogP contribution in [0.2, 0.25) is 0 Å². The van der Waals surface area contributed by atoms with E-state index in [9.17, 15) is 4.79 Å². The lowest BCUT2D eigenvalue weighted by Crippen LogP contribution is -2.38. The largest absolute Gasteiger partial charge is 0.444 e. The van der Waals surface area contributed by atoms with E-state index >= 15 is 0 Å². The molecule has 2 rings (SSSR count). The van der Waals surface area contributed by atoms with E-state index in [0.29, 0.717) is 6.04 Å². The summed E-state index contributed by atoms with van der Waals surface area (Å²) in [4.78, 5) is 13.9. The van der Waals surface area contributed by atoms with Gasteiger partial charge >= 0.3 is 6.09 Å². The first kappa shape index (κ1) is 17.9. The first-order valence-electron chi connectivity index (χ1n) is 8.58. The van der Waals surface area contributed by atoms with Crippen molar-refractivity contribution in [3.63, 3.8) is 0 Å². The Bertz CT molecular complexity index is 557. The second-order valence-corrected chi connectivity index (χ2v) is 7.43. The summed E-state index contributed by atoms with van der Waals surface area (Å²) in [6, 6.07) is 2.60. The molecule has 1 unspecified atom stereocenters. The van der Waals surface area contributed by atoms with Crippen LogP contribution in [-0.2, 0) is 17.8 Å². The number of ether oxygens (including phenoxy) is 1. The molecule has 5 heteroatoms. The lowest BCUT2D eigenvalue weighted by Gasteiger charge is -2.24. The summed E-state index contributed by atoms with van der Waals surface area (Å²) in [5, 5.41) is 3.59. The maximum Gasteiger partial charge on any atom is 0.410 e. The van der Waals surface area contributed by atoms with Crippen molar-refractivity contribution in [3.8, 4) is 0 Å². The Balaban J connectivity index is 1.86. The molecule has 1 atom stereocenters. The summed E-state index contributed by atoms with van der Waals surface area (Å²) in [6.45, 7) is 15.6. The Morgan fingerprint density at radius 2 is 2.09 bits per heavy atom. The van der Waals surface area contributed by atoms with Crippen molar-refractivity contribution < 1.29 is 9.53 Å². The van der Waals surface area contributed by atoms with Crippen molar-refractivity contribution in [1.82, 2.24) is 14.8 Å². The van der Waals surface area contributed by atoms with Gasteiger partial charge in [-0.25, -0.2) is 4.79 Å². The minimum Gasteiger partial charge on any atom is -0.444 e. The van der Waals surface area contributed by atoms with Crippen LogP contribution < -0.4 is 5.32 Å². The molecular weight excluding hydrogens is 290 g/mol. The van der Waals surface area contributed by atoms with Crippen LogP contribution in [0.25, 0.3) is 0 Å². The zero-order chi connectivity index (χ0) is 17.2. The molecule has 2 heterocycles. The van der Waals surface area contributed by atoms with Gasteiger partial charge in [-0.05, 0) is 59.6 Å². The molecule has 130 valence electrons. The molecule has 1 fully saturated rings. The van der Waals surface area contributed by atoms with Crippen molar-refractivity contribution in [2.24, 2.45) is 0 Å². The van der Waals surface area contributed by atoms with Gasteiger partial charge in [0, 0.05) is 43.6 Å². The van der Waals surface area contributed by atoms with Gasteiger partial charge in [0.05, 0.1) is 0 Å². The standard InChI is InChI=1S/C18H31N3O2/c1-7-21-13(2)10-15(14(21)3)11-19-16-8-9-20(12-16)17(22)23-18(4,5)6/h10,16,19H,7-9,11-12H2,1-6H3. The van der Waals surface area contributed by atoms with E-state index < -0.39 is 5.60 Å². The van der Waals surface area contributed by atoms with Crippen molar-refractivity contribution in [2.75, 3.05) is 13.1 Å². The summed E-state index contributed by atoms with van der Waals surface area (Å²) in [5.41, 5.74) is 3.56. The molecule has 1 amide bonds. The number of amides is 1. The molecule has 1 aliphatic heterocycles. The predicted octanol–water partition coefficient (Wildman–Crippen LogP) is 3.22. The van der Waals surface area contributed by atoms with Gasteiger partial charge < -0.3 is 19.5 Å². The van der Waals surface area contributed by atoms with Crippen LogP contribution in [0.1, 0.15) is 51.1 Å². The lowest BCUT2D eigenvalue weighted by atomic mass is 10.2. The fourth-order valence-electron chi connectivity index (χ4n) is 3.21. The van der Waals surface area contributed by atoms with Gasteiger partial charge in [-0.2, -0.15) is 0 Å². The summed E-state index contributed by atoms with van der Waals surface area (Å²) in [6.07, 6.45) is 0.775. The molecule has 5 nitrogen and oxygen atoms in total. The Morgan fingerprint density at radius 1 is 1.39 bits per heavy atom. The number of aromatic nitrogens is 1. The normalized spacial score (nSPS) is 18.5. The number of carbonyl (C=O) groups excluding carboxylic acids is 1. The average molecular weight is 321 g/mol. The Morgan fingerprint density at radius 3 is 2.65 bits per heavy atom. The molecule has 23 heavy (non-hydrogen) atoms. The average Bonchev–Trinajstić information content (AvgIpc) is 3.00. The zero-order valence-corrected chi connectivity index (χ0v) is 15.4. The van der Waals surface area contributed by atoms with E-state index in [1.165, 1.54) is 17.0 Å². The van der Waals surface area contributed by atoms with E-state index in [4.69, 9.17) is 4.74 Å². The van der Waals surface area contributed by atoms with E-state index in [2.05, 4.69) is 36.7 Å². The summed E-state index contributed by atoms with van der Waals surface area (Å²) in [5.74, 6) is 0. The Hall–Kier alpha value is -1.49. The van der Waals surface area contributed by atoms with Crippen molar-refractivity contribution in [2.45, 2.75) is 72.7 Å². The zero-order valence-electron chi connectivity index (χ0n) is 15.4. The minimum absolute atomic E-state index is 0.203. The van der Waals surface area contributed by atoms with E-state index in [-0.39, 0.29) is 6.09 Å². The van der Waals surface area contributed by atoms with Crippen molar-refractivity contribution >= 4 is 6.09 Å². The maximum absolute atomic E-state index is 12.1. The summed E-state index contributed by atoms with van der Waals surface area (Å²) >= 11 is 0. The highest BCUT2D eigenvalue weighted by molar-refractivity contribution is 5.68. The number of nitrogens with one attached hydrogen (secondary N) is 1. The molecule has 1 N–H and O–H groups in total. The topological polar surface area (TPSA) is 46.5 Å². The number of likely N-dealkylation sites (tertiary alicyclic amines) is 1. The molecule has 0 aromatic carbocycles. The highest BCUT2D eigenvalue weighted by Gasteiger charge is 2.29. The third-order valence-electron chi connectivity index (χ3n) is 4.42. The third kappa shape index (κ3) is 4.50. The van der Waals surface area contributed by atoms with E-state index in [1.807, 2.05) is 20.8 Å². The quantitative estimate of drug-likeness (QED) is 0.926. The minimum atomic E-state index is -0.430. The lowest BCUT2D eigenvalue weighted by molar-refractivity contribution is 0.0291. The molecule has 0 aliphatic carbocycles. The molecule has 1 aliphatic rings. The van der Waals surface area contributed by atoms with Gasteiger partial charge in [-0.1, -0.05) is 0 Å². The Kier molecular flexibility index (Phi) is 5.40. The molecule has 1 aromatic rings. The summed E-state index contributed by atoms with van der Waals surface area (Å²) in [7, 11) is 0. The SMILES string of the molecule is CCn1c(C)cc(CNC2CCN(C(=O)OC(C)(C)C)C2)c1C. The van der Waals surface area contributed by atoms with Crippen LogP contribution in [0.3, 0.4) is 0 Å². The number of hydrogen-bond acceptors (Lipinski definition) is 3. The van der Waals surface area contributed by atoms with Crippen molar-refractivity contribution in [1.29, 1.82) is 0 Å². The second-order valence-electron chi connectivity index (χ2n) is 7.43. The van der Waals surface area contributed by atoms with Crippen molar-refractivity contribution in [3.05, 3.63) is 23.0 Å². The number of rotatable bonds is 4. The van der Waals surface area contributed by atoms with Crippen LogP contribution in [0.4, 0.5) is 4.79 Å². The van der Waals surface area contributed by atoms with Gasteiger partial charge in [-0.3, -0.25) is 0 Å². The summed E-state index contributed by atoms with van der Waals surface area (Å²) < 4.78 is 7.77. The first-order chi connectivity index (χ1) is 10.7. The van der Waals surface area contributed by atoms with Gasteiger partial charge in [-0.15, -0.1) is 0 Å². The smallest absolute Gasteiger partial charge is 0.410 e. The monoisotopic (exact) mass is 321 g/mol. The molecule has 1 aromatic heterocycles. The number of aryl methyl sites for hydroxylation is 1. The predicted molar refractivity (Wildman–Crippen MR) is 92.6 cm³/mol. The highest BCUT2D eigenvalue weighted by Crippen LogP contribution is 2.18. The Labute approximate surface area is 140 Å². The van der Waals surface area contributed by atoms with Crippen LogP contribution in [-0.4, -0.2) is 40.3 Å². The van der Waals surface area contributed by atoms with E-state index in [1.54, 1.807) is 4.90 Å². The van der Waals surface area contributed by atoms with Gasteiger partial charge in [0.2, 0.25) is 0 Å².